The maximum Gasteiger partial charge on any atom is 0.407 e. The number of rotatable bonds is 3. The van der Waals surface area contributed by atoms with Crippen LogP contribution in [-0.2, 0) is 11.0 Å². The van der Waals surface area contributed by atoms with Gasteiger partial charge in [0.2, 0.25) is 0 Å². The molecule has 1 atom stereocenters. The van der Waals surface area contributed by atoms with Gasteiger partial charge in [-0.3, -0.25) is 4.79 Å². The molecule has 0 aromatic heterocycles. The summed E-state index contributed by atoms with van der Waals surface area (Å²) in [7, 11) is 0. The lowest BCUT2D eigenvalue weighted by Crippen LogP contribution is -2.46. The molecule has 1 unspecified atom stereocenters. The number of hydrogen-bond donors (Lipinski definition) is 3. The van der Waals surface area contributed by atoms with Crippen molar-refractivity contribution in [2.24, 2.45) is 5.73 Å². The number of anilines is 1. The van der Waals surface area contributed by atoms with Gasteiger partial charge in [0.05, 0.1) is 12.1 Å². The third-order valence-corrected chi connectivity index (χ3v) is 2.57. The SMILES string of the molecule is [C-]#[N+]c1ccc(NC(=O)C(C)(O)CN)cc1C(F)(F)F. The van der Waals surface area contributed by atoms with Gasteiger partial charge in [-0.15, -0.1) is 0 Å². The molecule has 0 saturated carbocycles. The Morgan fingerprint density at radius 2 is 2.10 bits per heavy atom. The fourth-order valence-electron chi connectivity index (χ4n) is 1.30. The number of aliphatic hydroxyl groups is 1. The lowest BCUT2D eigenvalue weighted by Gasteiger charge is -2.20. The fraction of sp³-hybridized carbons (Fsp3) is 0.333. The molecule has 0 aliphatic rings. The van der Waals surface area contributed by atoms with E-state index in [4.69, 9.17) is 12.3 Å². The molecule has 1 rings (SSSR count). The van der Waals surface area contributed by atoms with Gasteiger partial charge in [0, 0.05) is 12.2 Å². The Morgan fingerprint density at radius 1 is 1.50 bits per heavy atom. The van der Waals surface area contributed by atoms with E-state index in [1.165, 1.54) is 0 Å². The standard InChI is InChI=1S/C12H12F3N3O2/c1-11(20,6-16)10(19)18-7-3-4-9(17-2)8(5-7)12(13,14)15/h3-5,20H,6,16H2,1H3,(H,18,19). The normalized spacial score (nSPS) is 14.2. The van der Waals surface area contributed by atoms with Gasteiger partial charge in [-0.25, -0.2) is 4.85 Å². The summed E-state index contributed by atoms with van der Waals surface area (Å²) in [6, 6.07) is 2.73. The number of hydrogen-bond acceptors (Lipinski definition) is 3. The predicted octanol–water partition coefficient (Wildman–Crippen LogP) is 1.90. The molecule has 1 amide bonds. The Hall–Kier alpha value is -2.11. The maximum absolute atomic E-state index is 12.7. The topological polar surface area (TPSA) is 79.7 Å². The van der Waals surface area contributed by atoms with Gasteiger partial charge < -0.3 is 16.2 Å². The molecule has 20 heavy (non-hydrogen) atoms. The van der Waals surface area contributed by atoms with Crippen LogP contribution in [0.4, 0.5) is 24.5 Å². The zero-order valence-electron chi connectivity index (χ0n) is 10.5. The lowest BCUT2D eigenvalue weighted by molar-refractivity contribution is -0.137. The smallest absolute Gasteiger partial charge is 0.379 e. The maximum atomic E-state index is 12.7. The highest BCUT2D eigenvalue weighted by atomic mass is 19.4. The molecule has 0 spiro atoms. The minimum Gasteiger partial charge on any atom is -0.379 e. The second-order valence-electron chi connectivity index (χ2n) is 4.27. The Morgan fingerprint density at radius 3 is 2.55 bits per heavy atom. The monoisotopic (exact) mass is 287 g/mol. The van der Waals surface area contributed by atoms with Crippen molar-refractivity contribution in [1.29, 1.82) is 0 Å². The zero-order chi connectivity index (χ0) is 15.6. The largest absolute Gasteiger partial charge is 0.407 e. The molecule has 1 aromatic rings. The van der Waals surface area contributed by atoms with Crippen LogP contribution in [0.1, 0.15) is 12.5 Å². The van der Waals surface area contributed by atoms with Crippen LogP contribution in [0.2, 0.25) is 0 Å². The Labute approximate surface area is 113 Å². The molecule has 5 nitrogen and oxygen atoms in total. The Kier molecular flexibility index (Phi) is 4.37. The van der Waals surface area contributed by atoms with Crippen LogP contribution in [0.15, 0.2) is 18.2 Å². The number of amides is 1. The minimum absolute atomic E-state index is 0.177. The first-order valence-electron chi connectivity index (χ1n) is 5.44. The fourth-order valence-corrected chi connectivity index (χ4v) is 1.30. The van der Waals surface area contributed by atoms with Crippen LogP contribution >= 0.6 is 0 Å². The van der Waals surface area contributed by atoms with Crippen molar-refractivity contribution >= 4 is 17.3 Å². The third-order valence-electron chi connectivity index (χ3n) is 2.57. The van der Waals surface area contributed by atoms with Crippen LogP contribution in [0.3, 0.4) is 0 Å². The number of alkyl halides is 3. The molecule has 108 valence electrons. The van der Waals surface area contributed by atoms with Crippen molar-refractivity contribution in [3.05, 3.63) is 35.2 Å². The Bertz CT molecular complexity index is 562. The summed E-state index contributed by atoms with van der Waals surface area (Å²) in [6.45, 7) is 7.44. The van der Waals surface area contributed by atoms with Crippen molar-refractivity contribution in [3.8, 4) is 0 Å². The van der Waals surface area contributed by atoms with E-state index in [0.29, 0.717) is 6.07 Å². The highest BCUT2D eigenvalue weighted by Gasteiger charge is 2.34. The second-order valence-corrected chi connectivity index (χ2v) is 4.27. The molecule has 1 aromatic carbocycles. The second kappa shape index (κ2) is 5.48. The van der Waals surface area contributed by atoms with Gasteiger partial charge in [0.25, 0.3) is 5.91 Å². The van der Waals surface area contributed by atoms with Crippen molar-refractivity contribution in [2.45, 2.75) is 18.7 Å². The molecule has 0 bridgehead atoms. The first-order valence-corrected chi connectivity index (χ1v) is 5.44. The summed E-state index contributed by atoms with van der Waals surface area (Å²) in [4.78, 5) is 14.4. The molecule has 0 fully saturated rings. The van der Waals surface area contributed by atoms with Crippen molar-refractivity contribution in [3.63, 3.8) is 0 Å². The molecule has 0 aliphatic carbocycles. The van der Waals surface area contributed by atoms with Gasteiger partial charge in [0.1, 0.15) is 0 Å². The van der Waals surface area contributed by atoms with E-state index in [2.05, 4.69) is 10.2 Å². The third kappa shape index (κ3) is 3.46. The van der Waals surface area contributed by atoms with Crippen LogP contribution < -0.4 is 11.1 Å². The molecular formula is C12H12F3N3O2. The predicted molar refractivity (Wildman–Crippen MR) is 66.0 cm³/mol. The summed E-state index contributed by atoms with van der Waals surface area (Å²) in [5, 5.41) is 11.7. The number of nitrogens with two attached hydrogens (primary N) is 1. The molecular weight excluding hydrogens is 275 g/mol. The number of halogens is 3. The van der Waals surface area contributed by atoms with E-state index in [1.807, 2.05) is 0 Å². The average molecular weight is 287 g/mol. The van der Waals surface area contributed by atoms with E-state index >= 15 is 0 Å². The highest BCUT2D eigenvalue weighted by molar-refractivity contribution is 5.97. The highest BCUT2D eigenvalue weighted by Crippen LogP contribution is 2.38. The van der Waals surface area contributed by atoms with Gasteiger partial charge in [-0.2, -0.15) is 13.2 Å². The van der Waals surface area contributed by atoms with Gasteiger partial charge in [0.15, 0.2) is 11.3 Å². The average Bonchev–Trinajstić information content (AvgIpc) is 2.37. The van der Waals surface area contributed by atoms with Crippen LogP contribution in [0.25, 0.3) is 4.85 Å². The van der Waals surface area contributed by atoms with Crippen molar-refractivity contribution in [2.75, 3.05) is 11.9 Å². The molecule has 8 heteroatoms. The molecule has 4 N–H and O–H groups in total. The summed E-state index contributed by atoms with van der Waals surface area (Å²) >= 11 is 0. The first kappa shape index (κ1) is 15.9. The zero-order valence-corrected chi connectivity index (χ0v) is 10.5. The number of carbonyl (C=O) groups is 1. The van der Waals surface area contributed by atoms with Crippen molar-refractivity contribution < 1.29 is 23.1 Å². The van der Waals surface area contributed by atoms with Crippen LogP contribution in [0.5, 0.6) is 0 Å². The Balaban J connectivity index is 3.12. The van der Waals surface area contributed by atoms with Crippen molar-refractivity contribution in [1.82, 2.24) is 0 Å². The lowest BCUT2D eigenvalue weighted by atomic mass is 10.1. The van der Waals surface area contributed by atoms with Gasteiger partial charge >= 0.3 is 6.18 Å². The molecule has 0 saturated heterocycles. The van der Waals surface area contributed by atoms with Gasteiger partial charge in [-0.1, -0.05) is 6.07 Å². The molecule has 0 radical (unpaired) electrons. The minimum atomic E-state index is -4.71. The summed E-state index contributed by atoms with van der Waals surface area (Å²) < 4.78 is 38.2. The summed E-state index contributed by atoms with van der Waals surface area (Å²) in [6.07, 6.45) is -4.71. The van der Waals surface area contributed by atoms with E-state index < -0.39 is 28.9 Å². The summed E-state index contributed by atoms with van der Waals surface area (Å²) in [5.41, 5.74) is 1.38. The van der Waals surface area contributed by atoms with E-state index in [-0.39, 0.29) is 12.2 Å². The van der Waals surface area contributed by atoms with E-state index in [0.717, 1.165) is 19.1 Å². The number of benzene rings is 1. The van der Waals surface area contributed by atoms with Crippen LogP contribution in [0, 0.1) is 6.57 Å². The summed E-state index contributed by atoms with van der Waals surface area (Å²) in [5.74, 6) is -0.927. The van der Waals surface area contributed by atoms with Crippen LogP contribution in [-0.4, -0.2) is 23.2 Å². The van der Waals surface area contributed by atoms with E-state index in [9.17, 15) is 23.1 Å². The number of carbonyl (C=O) groups excluding carboxylic acids is 1. The molecule has 0 heterocycles. The number of nitrogens with one attached hydrogen (secondary N) is 1. The van der Waals surface area contributed by atoms with Gasteiger partial charge in [-0.05, 0) is 19.1 Å². The molecule has 0 aliphatic heterocycles. The number of nitrogens with zero attached hydrogens (tertiary/aromatic N) is 1. The first-order chi connectivity index (χ1) is 9.11. The quantitative estimate of drug-likeness (QED) is 0.743. The van der Waals surface area contributed by atoms with E-state index in [1.54, 1.807) is 0 Å².